The second kappa shape index (κ2) is 6.10. The first-order valence-corrected chi connectivity index (χ1v) is 8.17. The van der Waals surface area contributed by atoms with Crippen molar-refractivity contribution in [2.75, 3.05) is 27.2 Å². The molecule has 1 saturated heterocycles. The Kier molecular flexibility index (Phi) is 4.61. The van der Waals surface area contributed by atoms with Crippen LogP contribution >= 0.6 is 0 Å². The predicted molar refractivity (Wildman–Crippen MR) is 76.6 cm³/mol. The number of nitrogens with zero attached hydrogens (tertiary/aromatic N) is 3. The fourth-order valence-electron chi connectivity index (χ4n) is 2.53. The van der Waals surface area contributed by atoms with Crippen LogP contribution in [-0.2, 0) is 10.0 Å². The first-order valence-electron chi connectivity index (χ1n) is 6.73. The van der Waals surface area contributed by atoms with Gasteiger partial charge in [0.15, 0.2) is 0 Å². The van der Waals surface area contributed by atoms with Crippen LogP contribution in [0.3, 0.4) is 0 Å². The first kappa shape index (κ1) is 15.9. The minimum atomic E-state index is -3.85. The van der Waals surface area contributed by atoms with Crippen LogP contribution in [0.2, 0.25) is 0 Å². The first-order chi connectivity index (χ1) is 9.87. The summed E-state index contributed by atoms with van der Waals surface area (Å²) in [6, 6.07) is 5.48. The normalized spacial score (nSPS) is 20.4. The number of piperidine rings is 1. The van der Waals surface area contributed by atoms with E-state index in [1.165, 1.54) is 16.4 Å². The molecule has 0 amide bonds. The largest absolute Gasteiger partial charge is 0.305 e. The summed E-state index contributed by atoms with van der Waals surface area (Å²) in [6.45, 7) is 0.755. The van der Waals surface area contributed by atoms with Crippen LogP contribution in [0, 0.1) is 17.1 Å². The van der Waals surface area contributed by atoms with Crippen LogP contribution in [-0.4, -0.2) is 50.8 Å². The van der Waals surface area contributed by atoms with Crippen molar-refractivity contribution in [2.45, 2.75) is 23.8 Å². The number of nitriles is 1. The van der Waals surface area contributed by atoms with E-state index in [0.29, 0.717) is 13.1 Å². The molecule has 5 nitrogen and oxygen atoms in total. The van der Waals surface area contributed by atoms with Crippen LogP contribution in [0.25, 0.3) is 0 Å². The number of halogens is 1. The molecule has 0 saturated carbocycles. The Bertz CT molecular complexity index is 667. The number of rotatable bonds is 3. The van der Waals surface area contributed by atoms with Gasteiger partial charge in [-0.2, -0.15) is 9.57 Å². The van der Waals surface area contributed by atoms with Crippen molar-refractivity contribution in [3.05, 3.63) is 29.6 Å². The van der Waals surface area contributed by atoms with Gasteiger partial charge in [-0.1, -0.05) is 6.07 Å². The van der Waals surface area contributed by atoms with Crippen molar-refractivity contribution >= 4 is 10.0 Å². The zero-order valence-corrected chi connectivity index (χ0v) is 12.9. The van der Waals surface area contributed by atoms with E-state index in [9.17, 15) is 12.8 Å². The van der Waals surface area contributed by atoms with Gasteiger partial charge in [-0.05, 0) is 39.1 Å². The Balaban J connectivity index is 2.39. The van der Waals surface area contributed by atoms with Gasteiger partial charge in [0.1, 0.15) is 22.3 Å². The Labute approximate surface area is 124 Å². The van der Waals surface area contributed by atoms with Crippen molar-refractivity contribution in [1.29, 1.82) is 5.26 Å². The Hall–Kier alpha value is -1.49. The van der Waals surface area contributed by atoms with Crippen molar-refractivity contribution in [2.24, 2.45) is 0 Å². The Morgan fingerprint density at radius 2 is 2.14 bits per heavy atom. The molecule has 1 aromatic carbocycles. The average Bonchev–Trinajstić information content (AvgIpc) is 2.47. The lowest BCUT2D eigenvalue weighted by molar-refractivity contribution is 0.190. The van der Waals surface area contributed by atoms with Crippen LogP contribution in [0.5, 0.6) is 0 Å². The standard InChI is InChI=1S/C14H18FN3O2S/c1-17(2)11-5-4-8-18(10-11)21(19,20)14-7-3-6-13(15)12(14)9-16/h3,6-7,11H,4-5,8,10H2,1-2H3. The maximum atomic E-state index is 13.6. The summed E-state index contributed by atoms with van der Waals surface area (Å²) >= 11 is 0. The highest BCUT2D eigenvalue weighted by Gasteiger charge is 2.33. The molecule has 7 heteroatoms. The van der Waals surface area contributed by atoms with Crippen LogP contribution in [0.4, 0.5) is 4.39 Å². The van der Waals surface area contributed by atoms with Crippen molar-refractivity contribution in [3.8, 4) is 6.07 Å². The fraction of sp³-hybridized carbons (Fsp3) is 0.500. The summed E-state index contributed by atoms with van der Waals surface area (Å²) in [5.74, 6) is -0.806. The topological polar surface area (TPSA) is 64.4 Å². The van der Waals surface area contributed by atoms with E-state index in [4.69, 9.17) is 5.26 Å². The molecule has 114 valence electrons. The molecule has 0 radical (unpaired) electrons. The van der Waals surface area contributed by atoms with Crippen molar-refractivity contribution in [1.82, 2.24) is 9.21 Å². The van der Waals surface area contributed by atoms with E-state index in [1.807, 2.05) is 19.0 Å². The monoisotopic (exact) mass is 311 g/mol. The fourth-order valence-corrected chi connectivity index (χ4v) is 4.20. The molecule has 0 spiro atoms. The van der Waals surface area contributed by atoms with Crippen molar-refractivity contribution < 1.29 is 12.8 Å². The molecule has 21 heavy (non-hydrogen) atoms. The van der Waals surface area contributed by atoms with Crippen LogP contribution in [0.1, 0.15) is 18.4 Å². The Morgan fingerprint density at radius 1 is 1.43 bits per heavy atom. The smallest absolute Gasteiger partial charge is 0.244 e. The highest BCUT2D eigenvalue weighted by atomic mass is 32.2. The summed E-state index contributed by atoms with van der Waals surface area (Å²) in [5, 5.41) is 9.02. The second-order valence-electron chi connectivity index (χ2n) is 5.35. The molecular weight excluding hydrogens is 293 g/mol. The molecule has 1 unspecified atom stereocenters. The quantitative estimate of drug-likeness (QED) is 0.847. The summed E-state index contributed by atoms with van der Waals surface area (Å²) < 4.78 is 40.3. The average molecular weight is 311 g/mol. The highest BCUT2D eigenvalue weighted by molar-refractivity contribution is 7.89. The van der Waals surface area contributed by atoms with E-state index in [1.54, 1.807) is 6.07 Å². The highest BCUT2D eigenvalue weighted by Crippen LogP contribution is 2.25. The van der Waals surface area contributed by atoms with Gasteiger partial charge in [-0.25, -0.2) is 12.8 Å². The lowest BCUT2D eigenvalue weighted by Gasteiger charge is -2.35. The van der Waals surface area contributed by atoms with Gasteiger partial charge >= 0.3 is 0 Å². The van der Waals surface area contributed by atoms with E-state index in [0.717, 1.165) is 18.9 Å². The molecule has 1 heterocycles. The van der Waals surface area contributed by atoms with E-state index in [-0.39, 0.29) is 10.9 Å². The van der Waals surface area contributed by atoms with Gasteiger partial charge in [0, 0.05) is 19.1 Å². The predicted octanol–water partition coefficient (Wildman–Crippen LogP) is 1.41. The molecule has 0 bridgehead atoms. The molecule has 1 aliphatic rings. The SMILES string of the molecule is CN(C)C1CCCN(S(=O)(=O)c2cccc(F)c2C#N)C1. The molecule has 0 aromatic heterocycles. The molecule has 1 atom stereocenters. The summed E-state index contributed by atoms with van der Waals surface area (Å²) in [5.41, 5.74) is -0.413. The third-order valence-electron chi connectivity index (χ3n) is 3.79. The van der Waals surface area contributed by atoms with E-state index < -0.39 is 21.4 Å². The summed E-state index contributed by atoms with van der Waals surface area (Å²) in [4.78, 5) is 1.74. The lowest BCUT2D eigenvalue weighted by atomic mass is 10.1. The molecule has 1 aromatic rings. The number of hydrogen-bond acceptors (Lipinski definition) is 4. The van der Waals surface area contributed by atoms with Gasteiger partial charge in [-0.3, -0.25) is 0 Å². The van der Waals surface area contributed by atoms with E-state index in [2.05, 4.69) is 0 Å². The molecule has 1 fully saturated rings. The third kappa shape index (κ3) is 3.07. The zero-order chi connectivity index (χ0) is 15.6. The van der Waals surface area contributed by atoms with Crippen LogP contribution in [0.15, 0.2) is 23.1 Å². The van der Waals surface area contributed by atoms with Gasteiger partial charge in [0.05, 0.1) is 0 Å². The third-order valence-corrected chi connectivity index (χ3v) is 5.70. The minimum Gasteiger partial charge on any atom is -0.305 e. The molecule has 2 rings (SSSR count). The number of benzene rings is 1. The summed E-state index contributed by atoms with van der Waals surface area (Å²) in [7, 11) is -0.0367. The molecule has 1 aliphatic heterocycles. The number of hydrogen-bond donors (Lipinski definition) is 0. The molecule has 0 aliphatic carbocycles. The van der Waals surface area contributed by atoms with E-state index >= 15 is 0 Å². The van der Waals surface area contributed by atoms with Crippen molar-refractivity contribution in [3.63, 3.8) is 0 Å². The Morgan fingerprint density at radius 3 is 2.76 bits per heavy atom. The van der Waals surface area contributed by atoms with Crippen LogP contribution < -0.4 is 0 Å². The van der Waals surface area contributed by atoms with Gasteiger partial charge < -0.3 is 4.90 Å². The van der Waals surface area contributed by atoms with Gasteiger partial charge in [0.2, 0.25) is 10.0 Å². The number of sulfonamides is 1. The maximum absolute atomic E-state index is 13.6. The number of likely N-dealkylation sites (N-methyl/N-ethyl adjacent to an activating group) is 1. The zero-order valence-electron chi connectivity index (χ0n) is 12.1. The summed E-state index contributed by atoms with van der Waals surface area (Å²) in [6.07, 6.45) is 1.67. The minimum absolute atomic E-state index is 0.132. The maximum Gasteiger partial charge on any atom is 0.244 e. The van der Waals surface area contributed by atoms with Gasteiger partial charge in [-0.15, -0.1) is 0 Å². The molecule has 0 N–H and O–H groups in total. The van der Waals surface area contributed by atoms with Gasteiger partial charge in [0.25, 0.3) is 0 Å². The molecular formula is C14H18FN3O2S. The lowest BCUT2D eigenvalue weighted by Crippen LogP contribution is -2.47. The second-order valence-corrected chi connectivity index (χ2v) is 7.25.